The molecule has 0 spiro atoms. The predicted octanol–water partition coefficient (Wildman–Crippen LogP) is 6.31. The van der Waals surface area contributed by atoms with E-state index in [1.807, 2.05) is 12.1 Å². The van der Waals surface area contributed by atoms with Crippen LogP contribution in [0.3, 0.4) is 0 Å². The van der Waals surface area contributed by atoms with Crippen molar-refractivity contribution in [1.29, 1.82) is 0 Å². The number of carbonyl (C=O) groups excluding carboxylic acids is 1. The molecule has 2 unspecified atom stereocenters. The van der Waals surface area contributed by atoms with Crippen LogP contribution in [-0.4, -0.2) is 46.7 Å². The number of benzene rings is 2. The Bertz CT molecular complexity index is 1180. The van der Waals surface area contributed by atoms with Crippen LogP contribution < -0.4 is 4.74 Å². The van der Waals surface area contributed by atoms with E-state index in [-0.39, 0.29) is 25.7 Å². The number of fused-ring (bicyclic) bond motifs is 1. The molecule has 1 aromatic heterocycles. The first kappa shape index (κ1) is 29.5. The van der Waals surface area contributed by atoms with Gasteiger partial charge in [-0.3, -0.25) is 0 Å². The van der Waals surface area contributed by atoms with Crippen LogP contribution in [0.4, 0.5) is 0 Å². The first-order chi connectivity index (χ1) is 18.4. The minimum absolute atomic E-state index is 0.103. The molecule has 0 aliphatic heterocycles. The van der Waals surface area contributed by atoms with Gasteiger partial charge in [-0.25, -0.2) is 4.79 Å². The van der Waals surface area contributed by atoms with Gasteiger partial charge >= 0.3 is 5.97 Å². The maximum atomic E-state index is 11.5. The number of ether oxygens (including phenoxy) is 2. The number of aromatic nitrogens is 1. The molecule has 1 heterocycles. The molecule has 0 saturated carbocycles. The van der Waals surface area contributed by atoms with Gasteiger partial charge in [0.2, 0.25) is 0 Å². The summed E-state index contributed by atoms with van der Waals surface area (Å²) in [6.45, 7) is 10.6. The maximum Gasteiger partial charge on any atom is 0.333 e. The van der Waals surface area contributed by atoms with E-state index in [0.29, 0.717) is 24.2 Å². The molecule has 3 rings (SSSR count). The molecule has 6 nitrogen and oxygen atoms in total. The largest absolute Gasteiger partial charge is 0.491 e. The summed E-state index contributed by atoms with van der Waals surface area (Å²) in [5, 5.41) is 21.1. The highest BCUT2D eigenvalue weighted by Crippen LogP contribution is 2.30. The van der Waals surface area contributed by atoms with Crippen molar-refractivity contribution in [1.82, 2.24) is 4.57 Å². The van der Waals surface area contributed by atoms with Gasteiger partial charge in [-0.2, -0.15) is 0 Å². The zero-order valence-corrected chi connectivity index (χ0v) is 23.1. The predicted molar refractivity (Wildman–Crippen MR) is 153 cm³/mol. The molecule has 0 aliphatic carbocycles. The summed E-state index contributed by atoms with van der Waals surface area (Å²) >= 11 is 0. The summed E-state index contributed by atoms with van der Waals surface area (Å²) in [6, 6.07) is 17.1. The third-order valence-corrected chi connectivity index (χ3v) is 6.91. The molecule has 6 heteroatoms. The van der Waals surface area contributed by atoms with Crippen LogP contribution in [-0.2, 0) is 22.5 Å². The molecule has 0 bridgehead atoms. The number of aliphatic hydroxyl groups is 2. The van der Waals surface area contributed by atoms with Gasteiger partial charge in [0.15, 0.2) is 0 Å². The summed E-state index contributed by atoms with van der Waals surface area (Å²) in [5.41, 5.74) is 5.30. The van der Waals surface area contributed by atoms with Crippen molar-refractivity contribution in [2.75, 3.05) is 19.8 Å². The van der Waals surface area contributed by atoms with Crippen molar-refractivity contribution in [2.24, 2.45) is 5.92 Å². The highest BCUT2D eigenvalue weighted by Gasteiger charge is 2.15. The zero-order valence-electron chi connectivity index (χ0n) is 23.1. The van der Waals surface area contributed by atoms with E-state index in [4.69, 9.17) is 9.47 Å². The average Bonchev–Trinajstić information content (AvgIpc) is 3.30. The third-order valence-electron chi connectivity index (χ3n) is 6.91. The normalized spacial score (nSPS) is 12.9. The lowest BCUT2D eigenvalue weighted by molar-refractivity contribution is -0.140. The molecule has 206 valence electrons. The van der Waals surface area contributed by atoms with Crippen LogP contribution in [0.25, 0.3) is 22.2 Å². The fourth-order valence-electron chi connectivity index (χ4n) is 4.58. The SMILES string of the molecule is C=C(C)C(=O)OCC(CO)CCC(O)COc1ccc(-c2cc3ccc(CCCCC)cc3n2CC)cc1. The number of rotatable bonds is 16. The first-order valence-corrected chi connectivity index (χ1v) is 13.8. The second-order valence-electron chi connectivity index (χ2n) is 10.1. The standard InChI is InChI=1S/C32H43NO5/c1-5-7-8-9-24-10-12-27-19-31(33(6-2)30(27)18-24)26-13-16-29(17-14-26)37-22-28(35)15-11-25(20-34)21-38-32(36)23(3)4/h10,12-14,16-19,25,28,34-35H,3,5-9,11,15,20-22H2,1-2,4H3. The van der Waals surface area contributed by atoms with Gasteiger partial charge < -0.3 is 24.3 Å². The van der Waals surface area contributed by atoms with E-state index in [1.54, 1.807) is 6.92 Å². The Balaban J connectivity index is 1.56. The van der Waals surface area contributed by atoms with Gasteiger partial charge in [-0.1, -0.05) is 38.5 Å². The molecular weight excluding hydrogens is 478 g/mol. The highest BCUT2D eigenvalue weighted by molar-refractivity contribution is 5.88. The Labute approximate surface area is 226 Å². The lowest BCUT2D eigenvalue weighted by Crippen LogP contribution is -2.22. The van der Waals surface area contributed by atoms with Crippen molar-refractivity contribution in [3.05, 3.63) is 66.2 Å². The molecule has 0 aliphatic rings. The second-order valence-corrected chi connectivity index (χ2v) is 10.1. The van der Waals surface area contributed by atoms with Crippen LogP contribution in [0, 0.1) is 5.92 Å². The summed E-state index contributed by atoms with van der Waals surface area (Å²) < 4.78 is 13.3. The van der Waals surface area contributed by atoms with Crippen molar-refractivity contribution in [3.8, 4) is 17.0 Å². The van der Waals surface area contributed by atoms with Crippen molar-refractivity contribution in [3.63, 3.8) is 0 Å². The highest BCUT2D eigenvalue weighted by atomic mass is 16.5. The topological polar surface area (TPSA) is 80.9 Å². The van der Waals surface area contributed by atoms with E-state index < -0.39 is 12.1 Å². The minimum atomic E-state index is -0.685. The van der Waals surface area contributed by atoms with E-state index in [1.165, 1.54) is 41.4 Å². The van der Waals surface area contributed by atoms with Crippen molar-refractivity contribution in [2.45, 2.75) is 71.9 Å². The third kappa shape index (κ3) is 8.20. The van der Waals surface area contributed by atoms with Crippen LogP contribution in [0.1, 0.15) is 58.4 Å². The molecule has 2 aromatic carbocycles. The molecule has 38 heavy (non-hydrogen) atoms. The number of esters is 1. The summed E-state index contributed by atoms with van der Waals surface area (Å²) in [6.07, 6.45) is 5.11. The summed E-state index contributed by atoms with van der Waals surface area (Å²) in [4.78, 5) is 11.5. The number of carbonyl (C=O) groups is 1. The van der Waals surface area contributed by atoms with Crippen LogP contribution in [0.15, 0.2) is 60.7 Å². The van der Waals surface area contributed by atoms with Crippen LogP contribution in [0.5, 0.6) is 5.75 Å². The number of nitrogens with zero attached hydrogens (tertiary/aromatic N) is 1. The van der Waals surface area contributed by atoms with Crippen molar-refractivity contribution < 1.29 is 24.5 Å². The second kappa shape index (κ2) is 14.7. The van der Waals surface area contributed by atoms with Gasteiger partial charge in [-0.15, -0.1) is 0 Å². The lowest BCUT2D eigenvalue weighted by Gasteiger charge is -2.17. The Morgan fingerprint density at radius 3 is 2.45 bits per heavy atom. The van der Waals surface area contributed by atoms with Gasteiger partial charge in [-0.05, 0) is 87.1 Å². The molecular formula is C32H43NO5. The molecule has 0 fully saturated rings. The number of hydrogen-bond donors (Lipinski definition) is 2. The van der Waals surface area contributed by atoms with Gasteiger partial charge in [0.25, 0.3) is 0 Å². The molecule has 2 N–H and O–H groups in total. The number of unbranched alkanes of at least 4 members (excludes halogenated alkanes) is 2. The summed E-state index contributed by atoms with van der Waals surface area (Å²) in [7, 11) is 0. The lowest BCUT2D eigenvalue weighted by atomic mass is 10.0. The van der Waals surface area contributed by atoms with Crippen molar-refractivity contribution >= 4 is 16.9 Å². The maximum absolute atomic E-state index is 11.5. The van der Waals surface area contributed by atoms with Gasteiger partial charge in [0.1, 0.15) is 12.4 Å². The molecule has 2 atom stereocenters. The molecule has 3 aromatic rings. The molecule has 0 saturated heterocycles. The van der Waals surface area contributed by atoms with Crippen LogP contribution in [0.2, 0.25) is 0 Å². The van der Waals surface area contributed by atoms with E-state index in [2.05, 4.69) is 61.4 Å². The Kier molecular flexibility index (Phi) is 11.4. The van der Waals surface area contributed by atoms with Gasteiger partial charge in [0.05, 0.1) is 12.7 Å². The zero-order chi connectivity index (χ0) is 27.5. The Hall–Kier alpha value is -3.09. The van der Waals surface area contributed by atoms with E-state index in [0.717, 1.165) is 18.5 Å². The smallest absolute Gasteiger partial charge is 0.333 e. The number of hydrogen-bond acceptors (Lipinski definition) is 5. The van der Waals surface area contributed by atoms with E-state index in [9.17, 15) is 15.0 Å². The Morgan fingerprint density at radius 2 is 1.79 bits per heavy atom. The first-order valence-electron chi connectivity index (χ1n) is 13.8. The average molecular weight is 522 g/mol. The number of aliphatic hydroxyl groups excluding tert-OH is 2. The van der Waals surface area contributed by atoms with Gasteiger partial charge in [0, 0.05) is 41.2 Å². The quantitative estimate of drug-likeness (QED) is 0.131. The fraction of sp³-hybridized carbons (Fsp3) is 0.469. The van der Waals surface area contributed by atoms with E-state index >= 15 is 0 Å². The molecule has 0 radical (unpaired) electrons. The Morgan fingerprint density at radius 1 is 1.03 bits per heavy atom. The minimum Gasteiger partial charge on any atom is -0.491 e. The monoisotopic (exact) mass is 521 g/mol. The molecule has 0 amide bonds. The fourth-order valence-corrected chi connectivity index (χ4v) is 4.58. The summed E-state index contributed by atoms with van der Waals surface area (Å²) in [5.74, 6) is -0.00789. The number of aryl methyl sites for hydroxylation is 2. The van der Waals surface area contributed by atoms with Crippen LogP contribution >= 0.6 is 0 Å².